The van der Waals surface area contributed by atoms with E-state index in [1.807, 2.05) is 0 Å². The summed E-state index contributed by atoms with van der Waals surface area (Å²) in [6.45, 7) is 1.76. The van der Waals surface area contributed by atoms with Crippen LogP contribution in [0.2, 0.25) is 5.02 Å². The summed E-state index contributed by atoms with van der Waals surface area (Å²) in [6, 6.07) is 5.98. The van der Waals surface area contributed by atoms with Crippen molar-refractivity contribution in [2.45, 2.75) is 6.92 Å². The summed E-state index contributed by atoms with van der Waals surface area (Å²) >= 11 is 9.20. The first kappa shape index (κ1) is 15.5. The molecule has 1 amide bonds. The molecule has 0 saturated heterocycles. The molecule has 0 aliphatic carbocycles. The standard InChI is InChI=1S/C14H10BrClN2O3/c1-7-2-12(16)11(6-17-7)13(19)18-10-4-8(14(20)21)3-9(15)5-10/h2-6H,1H3,(H,18,19)(H,20,21). The molecule has 0 aliphatic heterocycles. The highest BCUT2D eigenvalue weighted by Gasteiger charge is 2.13. The number of rotatable bonds is 3. The Morgan fingerprint density at radius 1 is 1.29 bits per heavy atom. The molecule has 1 heterocycles. The zero-order valence-electron chi connectivity index (χ0n) is 10.9. The summed E-state index contributed by atoms with van der Waals surface area (Å²) in [5.74, 6) is -1.54. The maximum Gasteiger partial charge on any atom is 0.335 e. The maximum absolute atomic E-state index is 12.1. The molecule has 7 heteroatoms. The highest BCUT2D eigenvalue weighted by Crippen LogP contribution is 2.22. The van der Waals surface area contributed by atoms with Gasteiger partial charge in [-0.3, -0.25) is 9.78 Å². The van der Waals surface area contributed by atoms with Crippen molar-refractivity contribution in [3.05, 3.63) is 56.8 Å². The number of carbonyl (C=O) groups is 2. The molecule has 0 saturated carbocycles. The molecule has 2 N–H and O–H groups in total. The average Bonchev–Trinajstić information content (AvgIpc) is 2.37. The number of aryl methyl sites for hydroxylation is 1. The molecule has 2 aromatic rings. The summed E-state index contributed by atoms with van der Waals surface area (Å²) < 4.78 is 0.547. The maximum atomic E-state index is 12.1. The van der Waals surface area contributed by atoms with Gasteiger partial charge in [0.25, 0.3) is 5.91 Å². The molecule has 0 aliphatic rings. The van der Waals surface area contributed by atoms with E-state index in [4.69, 9.17) is 16.7 Å². The molecule has 21 heavy (non-hydrogen) atoms. The van der Waals surface area contributed by atoms with Gasteiger partial charge in [-0.15, -0.1) is 0 Å². The number of nitrogens with zero attached hydrogens (tertiary/aromatic N) is 1. The SMILES string of the molecule is Cc1cc(Cl)c(C(=O)Nc2cc(Br)cc(C(=O)O)c2)cn1. The van der Waals surface area contributed by atoms with Gasteiger partial charge in [0.15, 0.2) is 0 Å². The van der Waals surface area contributed by atoms with Crippen molar-refractivity contribution in [2.75, 3.05) is 5.32 Å². The van der Waals surface area contributed by atoms with Crippen LogP contribution in [-0.2, 0) is 0 Å². The summed E-state index contributed by atoms with van der Waals surface area (Å²) in [4.78, 5) is 27.1. The van der Waals surface area contributed by atoms with Gasteiger partial charge in [0.2, 0.25) is 0 Å². The molecule has 1 aromatic heterocycles. The highest BCUT2D eigenvalue weighted by molar-refractivity contribution is 9.10. The smallest absolute Gasteiger partial charge is 0.335 e. The molecule has 0 bridgehead atoms. The van der Waals surface area contributed by atoms with Gasteiger partial charge in [0.1, 0.15) is 0 Å². The highest BCUT2D eigenvalue weighted by atomic mass is 79.9. The fraction of sp³-hybridized carbons (Fsp3) is 0.0714. The van der Waals surface area contributed by atoms with Crippen molar-refractivity contribution in [1.29, 1.82) is 0 Å². The second-order valence-corrected chi connectivity index (χ2v) is 5.62. The van der Waals surface area contributed by atoms with E-state index in [1.165, 1.54) is 18.3 Å². The number of pyridine rings is 1. The van der Waals surface area contributed by atoms with E-state index in [0.29, 0.717) is 15.9 Å². The number of aromatic carboxylic acids is 1. The molecular weight excluding hydrogens is 360 g/mol. The number of benzene rings is 1. The van der Waals surface area contributed by atoms with Crippen LogP contribution in [0.25, 0.3) is 0 Å². The third kappa shape index (κ3) is 3.80. The van der Waals surface area contributed by atoms with E-state index in [2.05, 4.69) is 26.2 Å². The first-order valence-electron chi connectivity index (χ1n) is 5.84. The van der Waals surface area contributed by atoms with Gasteiger partial charge in [0.05, 0.1) is 16.1 Å². The molecular formula is C14H10BrClN2O3. The number of aromatic nitrogens is 1. The predicted octanol–water partition coefficient (Wildman–Crippen LogP) is 3.76. The number of carbonyl (C=O) groups excluding carboxylic acids is 1. The van der Waals surface area contributed by atoms with Crippen molar-refractivity contribution in [3.8, 4) is 0 Å². The van der Waals surface area contributed by atoms with Crippen LogP contribution in [0.15, 0.2) is 34.9 Å². The Bertz CT molecular complexity index is 734. The molecule has 0 fully saturated rings. The van der Waals surface area contributed by atoms with Gasteiger partial charge < -0.3 is 10.4 Å². The third-order valence-corrected chi connectivity index (χ3v) is 3.41. The Morgan fingerprint density at radius 3 is 2.62 bits per heavy atom. The summed E-state index contributed by atoms with van der Waals surface area (Å²) in [7, 11) is 0. The summed E-state index contributed by atoms with van der Waals surface area (Å²) in [5.41, 5.74) is 1.34. The van der Waals surface area contributed by atoms with Gasteiger partial charge in [-0.25, -0.2) is 4.79 Å². The largest absolute Gasteiger partial charge is 0.478 e. The fourth-order valence-electron chi connectivity index (χ4n) is 1.68. The molecule has 0 unspecified atom stereocenters. The number of hydrogen-bond donors (Lipinski definition) is 2. The van der Waals surface area contributed by atoms with Crippen LogP contribution in [0.3, 0.4) is 0 Å². The Kier molecular flexibility index (Phi) is 4.59. The molecule has 5 nitrogen and oxygen atoms in total. The number of halogens is 2. The fourth-order valence-corrected chi connectivity index (χ4v) is 2.46. The lowest BCUT2D eigenvalue weighted by Crippen LogP contribution is -2.13. The number of hydrogen-bond acceptors (Lipinski definition) is 3. The minimum atomic E-state index is -1.08. The summed E-state index contributed by atoms with van der Waals surface area (Å²) in [6.07, 6.45) is 1.38. The zero-order chi connectivity index (χ0) is 15.6. The van der Waals surface area contributed by atoms with Gasteiger partial charge in [-0.2, -0.15) is 0 Å². The second-order valence-electron chi connectivity index (χ2n) is 4.29. The van der Waals surface area contributed by atoms with Gasteiger partial charge >= 0.3 is 5.97 Å². The Morgan fingerprint density at radius 2 is 2.00 bits per heavy atom. The van der Waals surface area contributed by atoms with E-state index >= 15 is 0 Å². The lowest BCUT2D eigenvalue weighted by atomic mass is 10.2. The Labute approximate surface area is 134 Å². The van der Waals surface area contributed by atoms with Gasteiger partial charge in [-0.05, 0) is 31.2 Å². The van der Waals surface area contributed by atoms with Crippen molar-refractivity contribution < 1.29 is 14.7 Å². The van der Waals surface area contributed by atoms with Gasteiger partial charge in [-0.1, -0.05) is 27.5 Å². The van der Waals surface area contributed by atoms with Gasteiger partial charge in [0, 0.05) is 22.1 Å². The number of nitrogens with one attached hydrogen (secondary N) is 1. The average molecular weight is 370 g/mol. The van der Waals surface area contributed by atoms with E-state index in [-0.39, 0.29) is 16.1 Å². The van der Waals surface area contributed by atoms with Crippen LogP contribution in [0.1, 0.15) is 26.4 Å². The van der Waals surface area contributed by atoms with Crippen LogP contribution >= 0.6 is 27.5 Å². The summed E-state index contributed by atoms with van der Waals surface area (Å²) in [5, 5.41) is 11.9. The first-order valence-corrected chi connectivity index (χ1v) is 7.01. The monoisotopic (exact) mass is 368 g/mol. The van der Waals surface area contributed by atoms with Crippen molar-refractivity contribution in [2.24, 2.45) is 0 Å². The van der Waals surface area contributed by atoms with Crippen LogP contribution < -0.4 is 5.32 Å². The molecule has 0 spiro atoms. The van der Waals surface area contributed by atoms with Crippen LogP contribution in [-0.4, -0.2) is 22.0 Å². The Balaban J connectivity index is 2.29. The van der Waals surface area contributed by atoms with Crippen molar-refractivity contribution in [1.82, 2.24) is 4.98 Å². The third-order valence-electron chi connectivity index (χ3n) is 2.64. The van der Waals surface area contributed by atoms with Crippen LogP contribution in [0.5, 0.6) is 0 Å². The lowest BCUT2D eigenvalue weighted by Gasteiger charge is -2.08. The minimum absolute atomic E-state index is 0.0628. The lowest BCUT2D eigenvalue weighted by molar-refractivity contribution is 0.0696. The van der Waals surface area contributed by atoms with Crippen LogP contribution in [0.4, 0.5) is 5.69 Å². The molecule has 0 atom stereocenters. The predicted molar refractivity (Wildman–Crippen MR) is 83.0 cm³/mol. The van der Waals surface area contributed by atoms with E-state index in [9.17, 15) is 9.59 Å². The minimum Gasteiger partial charge on any atom is -0.478 e. The zero-order valence-corrected chi connectivity index (χ0v) is 13.2. The quantitative estimate of drug-likeness (QED) is 0.863. The molecule has 108 valence electrons. The Hall–Kier alpha value is -1.92. The first-order chi connectivity index (χ1) is 9.86. The number of anilines is 1. The number of amides is 1. The van der Waals surface area contributed by atoms with Crippen molar-refractivity contribution in [3.63, 3.8) is 0 Å². The number of carboxylic acid groups (broad SMARTS) is 1. The topological polar surface area (TPSA) is 79.3 Å². The van der Waals surface area contributed by atoms with Crippen molar-refractivity contribution >= 4 is 45.1 Å². The molecule has 2 rings (SSSR count). The molecule has 0 radical (unpaired) electrons. The van der Waals surface area contributed by atoms with E-state index in [0.717, 1.165) is 0 Å². The second kappa shape index (κ2) is 6.24. The van der Waals surface area contributed by atoms with E-state index < -0.39 is 11.9 Å². The van der Waals surface area contributed by atoms with E-state index in [1.54, 1.807) is 19.1 Å². The van der Waals surface area contributed by atoms with Crippen LogP contribution in [0, 0.1) is 6.92 Å². The normalized spacial score (nSPS) is 10.2. The number of carboxylic acids is 1. The molecule has 1 aromatic carbocycles.